The maximum Gasteiger partial charge on any atom is 0.160 e. The fourth-order valence-corrected chi connectivity index (χ4v) is 1.41. The maximum atomic E-state index is 13.0. The highest BCUT2D eigenvalue weighted by Crippen LogP contribution is 2.22. The van der Waals surface area contributed by atoms with Crippen molar-refractivity contribution in [2.75, 3.05) is 6.61 Å². The predicted molar refractivity (Wildman–Crippen MR) is 54.5 cm³/mol. The van der Waals surface area contributed by atoms with Crippen LogP contribution in [0.5, 0.6) is 0 Å². The van der Waals surface area contributed by atoms with Crippen LogP contribution in [0.2, 0.25) is 0 Å². The van der Waals surface area contributed by atoms with Crippen LogP contribution < -0.4 is 0 Å². The molecule has 1 aromatic rings. The molecule has 0 radical (unpaired) electrons. The van der Waals surface area contributed by atoms with Crippen LogP contribution in [-0.4, -0.2) is 33.8 Å². The van der Waals surface area contributed by atoms with Crippen molar-refractivity contribution in [3.05, 3.63) is 35.1 Å². The van der Waals surface area contributed by atoms with Gasteiger partial charge >= 0.3 is 0 Å². The van der Waals surface area contributed by atoms with Crippen LogP contribution in [0, 0.1) is 5.82 Å². The predicted octanol–water partition coefficient (Wildman–Crippen LogP) is 0.415. The molecule has 0 fully saturated rings. The van der Waals surface area contributed by atoms with Gasteiger partial charge in [0.25, 0.3) is 0 Å². The molecule has 88 valence electrons. The minimum atomic E-state index is -1.49. The van der Waals surface area contributed by atoms with E-state index in [0.717, 1.165) is 12.1 Å². The summed E-state index contributed by atoms with van der Waals surface area (Å²) in [7, 11) is 0. The topological polar surface area (TPSA) is 77.8 Å². The molecular formula is C11H13FO4. The lowest BCUT2D eigenvalue weighted by molar-refractivity contribution is -0.0156. The molecular weight excluding hydrogens is 215 g/mol. The molecule has 1 aromatic carbocycles. The largest absolute Gasteiger partial charge is 0.394 e. The van der Waals surface area contributed by atoms with Crippen molar-refractivity contribution in [3.8, 4) is 0 Å². The number of benzene rings is 1. The number of hydrogen-bond acceptors (Lipinski definition) is 4. The third-order valence-electron chi connectivity index (χ3n) is 2.26. The second kappa shape index (κ2) is 5.16. The van der Waals surface area contributed by atoms with E-state index in [1.54, 1.807) is 0 Å². The van der Waals surface area contributed by atoms with Crippen molar-refractivity contribution in [3.63, 3.8) is 0 Å². The Kier molecular flexibility index (Phi) is 4.12. The monoisotopic (exact) mass is 228 g/mol. The van der Waals surface area contributed by atoms with E-state index in [-0.39, 0.29) is 16.9 Å². The molecule has 3 N–H and O–H groups in total. The zero-order valence-electron chi connectivity index (χ0n) is 8.72. The van der Waals surface area contributed by atoms with Crippen molar-refractivity contribution < 1.29 is 24.5 Å². The highest BCUT2D eigenvalue weighted by atomic mass is 19.1. The molecule has 0 saturated heterocycles. The first-order chi connectivity index (χ1) is 7.47. The fraction of sp³-hybridized carbons (Fsp3) is 0.364. The Morgan fingerprint density at radius 2 is 2.06 bits per heavy atom. The summed E-state index contributed by atoms with van der Waals surface area (Å²) in [6, 6.07) is 3.30. The van der Waals surface area contributed by atoms with Crippen LogP contribution in [0.25, 0.3) is 0 Å². The molecule has 0 amide bonds. The number of halogens is 1. The van der Waals surface area contributed by atoms with Crippen molar-refractivity contribution in [2.24, 2.45) is 0 Å². The third-order valence-corrected chi connectivity index (χ3v) is 2.26. The van der Waals surface area contributed by atoms with Gasteiger partial charge in [0.2, 0.25) is 0 Å². The Labute approximate surface area is 92.0 Å². The molecule has 4 nitrogen and oxygen atoms in total. The highest BCUT2D eigenvalue weighted by Gasteiger charge is 2.22. The average Bonchev–Trinajstić information content (AvgIpc) is 2.26. The molecule has 0 heterocycles. The van der Waals surface area contributed by atoms with Crippen LogP contribution in [0.4, 0.5) is 4.39 Å². The number of aliphatic hydroxyl groups excluding tert-OH is 3. The molecule has 1 rings (SSSR count). The summed E-state index contributed by atoms with van der Waals surface area (Å²) in [5, 5.41) is 27.5. The molecule has 0 spiro atoms. The first-order valence-electron chi connectivity index (χ1n) is 4.74. The zero-order valence-corrected chi connectivity index (χ0v) is 8.72. The van der Waals surface area contributed by atoms with Gasteiger partial charge in [0.15, 0.2) is 5.78 Å². The van der Waals surface area contributed by atoms with Gasteiger partial charge in [-0.2, -0.15) is 0 Å². The summed E-state index contributed by atoms with van der Waals surface area (Å²) >= 11 is 0. The Hall–Kier alpha value is -1.30. The molecule has 16 heavy (non-hydrogen) atoms. The van der Waals surface area contributed by atoms with Crippen molar-refractivity contribution in [1.82, 2.24) is 0 Å². The molecule has 5 heteroatoms. The fourth-order valence-electron chi connectivity index (χ4n) is 1.41. The van der Waals surface area contributed by atoms with Crippen LogP contribution in [0.15, 0.2) is 18.2 Å². The Morgan fingerprint density at radius 1 is 1.44 bits per heavy atom. The number of ketones is 1. The van der Waals surface area contributed by atoms with Gasteiger partial charge in [-0.15, -0.1) is 0 Å². The van der Waals surface area contributed by atoms with Crippen molar-refractivity contribution >= 4 is 5.78 Å². The molecule has 0 saturated carbocycles. The highest BCUT2D eigenvalue weighted by molar-refractivity contribution is 5.95. The van der Waals surface area contributed by atoms with E-state index in [4.69, 9.17) is 5.11 Å². The SMILES string of the molecule is CC(=O)c1ccc(F)cc1C(O)C(O)CO. The lowest BCUT2D eigenvalue weighted by Crippen LogP contribution is -2.23. The van der Waals surface area contributed by atoms with E-state index < -0.39 is 24.6 Å². The number of hydrogen-bond donors (Lipinski definition) is 3. The first-order valence-corrected chi connectivity index (χ1v) is 4.74. The number of aliphatic hydroxyl groups is 3. The van der Waals surface area contributed by atoms with Gasteiger partial charge in [-0.25, -0.2) is 4.39 Å². The molecule has 0 aliphatic carbocycles. The van der Waals surface area contributed by atoms with E-state index >= 15 is 0 Å². The molecule has 0 aliphatic rings. The Balaban J connectivity index is 3.19. The summed E-state index contributed by atoms with van der Waals surface area (Å²) < 4.78 is 13.0. The van der Waals surface area contributed by atoms with Crippen LogP contribution >= 0.6 is 0 Å². The van der Waals surface area contributed by atoms with E-state index in [9.17, 15) is 19.4 Å². The number of rotatable bonds is 4. The maximum absolute atomic E-state index is 13.0. The van der Waals surface area contributed by atoms with Gasteiger partial charge < -0.3 is 15.3 Å². The summed E-state index contributed by atoms with van der Waals surface area (Å²) in [5.74, 6) is -0.969. The van der Waals surface area contributed by atoms with Gasteiger partial charge in [-0.1, -0.05) is 0 Å². The first kappa shape index (κ1) is 12.8. The molecule has 0 aliphatic heterocycles. The van der Waals surface area contributed by atoms with Crippen LogP contribution in [0.3, 0.4) is 0 Å². The number of carbonyl (C=O) groups is 1. The quantitative estimate of drug-likeness (QED) is 0.652. The van der Waals surface area contributed by atoms with Crippen molar-refractivity contribution in [1.29, 1.82) is 0 Å². The van der Waals surface area contributed by atoms with E-state index in [1.807, 2.05) is 0 Å². The second-order valence-corrected chi connectivity index (χ2v) is 3.48. The molecule has 2 atom stereocenters. The zero-order chi connectivity index (χ0) is 12.3. The van der Waals surface area contributed by atoms with E-state index in [1.165, 1.54) is 13.0 Å². The van der Waals surface area contributed by atoms with Crippen LogP contribution in [0.1, 0.15) is 28.9 Å². The normalized spacial score (nSPS) is 14.6. The Morgan fingerprint density at radius 3 is 2.56 bits per heavy atom. The molecule has 0 aromatic heterocycles. The van der Waals surface area contributed by atoms with Gasteiger partial charge in [0, 0.05) is 5.56 Å². The van der Waals surface area contributed by atoms with Crippen molar-refractivity contribution in [2.45, 2.75) is 19.1 Å². The number of Topliss-reactive ketones (excluding diaryl/α,β-unsaturated/α-hetero) is 1. The third kappa shape index (κ3) is 2.63. The van der Waals surface area contributed by atoms with E-state index in [2.05, 4.69) is 0 Å². The molecule has 0 bridgehead atoms. The summed E-state index contributed by atoms with van der Waals surface area (Å²) in [5.41, 5.74) is 0.107. The minimum Gasteiger partial charge on any atom is -0.394 e. The smallest absolute Gasteiger partial charge is 0.160 e. The van der Waals surface area contributed by atoms with Gasteiger partial charge in [-0.3, -0.25) is 4.79 Å². The Bertz CT molecular complexity index is 392. The van der Waals surface area contributed by atoms with Gasteiger partial charge in [0.1, 0.15) is 18.0 Å². The minimum absolute atomic E-state index is 0.0194. The summed E-state index contributed by atoms with van der Waals surface area (Å²) in [6.45, 7) is 0.601. The standard InChI is InChI=1S/C11H13FO4/c1-6(14)8-3-2-7(12)4-9(8)11(16)10(15)5-13/h2-4,10-11,13,15-16H,5H2,1H3. The number of carbonyl (C=O) groups excluding carboxylic acids is 1. The van der Waals surface area contributed by atoms with Gasteiger partial charge in [-0.05, 0) is 30.7 Å². The lowest BCUT2D eigenvalue weighted by Gasteiger charge is -2.18. The summed E-state index contributed by atoms with van der Waals surface area (Å²) in [4.78, 5) is 11.2. The lowest BCUT2D eigenvalue weighted by atomic mass is 9.96. The van der Waals surface area contributed by atoms with Gasteiger partial charge in [0.05, 0.1) is 6.61 Å². The van der Waals surface area contributed by atoms with E-state index in [0.29, 0.717) is 0 Å². The second-order valence-electron chi connectivity index (χ2n) is 3.48. The molecule has 2 unspecified atom stereocenters. The average molecular weight is 228 g/mol. The van der Waals surface area contributed by atoms with Crippen LogP contribution in [-0.2, 0) is 0 Å². The summed E-state index contributed by atoms with van der Waals surface area (Å²) in [6.07, 6.45) is -2.93.